The zero-order valence-corrected chi connectivity index (χ0v) is 10.0. The van der Waals surface area contributed by atoms with Gasteiger partial charge in [0, 0.05) is 13.1 Å². The molecule has 0 spiro atoms. The standard InChI is InChI=1S/C7H11Br2N3/c1-11-10-6(8)7(9)12(11)5-3-2-4-5/h5,10H,2-4H2,1H3. The first-order valence-electron chi connectivity index (χ1n) is 4.05. The van der Waals surface area contributed by atoms with Crippen LogP contribution in [0.4, 0.5) is 0 Å². The molecule has 0 saturated heterocycles. The normalized spacial score (nSPS) is 26.1. The molecule has 1 aliphatic carbocycles. The molecule has 0 atom stereocenters. The van der Waals surface area contributed by atoms with Gasteiger partial charge in [-0.15, -0.1) is 5.12 Å². The minimum atomic E-state index is 0.673. The summed E-state index contributed by atoms with van der Waals surface area (Å²) in [5, 5.41) is 4.26. The van der Waals surface area contributed by atoms with Crippen molar-refractivity contribution < 1.29 is 0 Å². The summed E-state index contributed by atoms with van der Waals surface area (Å²) in [6, 6.07) is 0.673. The van der Waals surface area contributed by atoms with E-state index in [2.05, 4.69) is 42.3 Å². The lowest BCUT2D eigenvalue weighted by Crippen LogP contribution is -2.48. The van der Waals surface area contributed by atoms with Crippen LogP contribution < -0.4 is 5.43 Å². The summed E-state index contributed by atoms with van der Waals surface area (Å²) in [7, 11) is 2.02. The smallest absolute Gasteiger partial charge is 0.129 e. The van der Waals surface area contributed by atoms with Gasteiger partial charge < -0.3 is 0 Å². The highest BCUT2D eigenvalue weighted by atomic mass is 79.9. The summed E-state index contributed by atoms with van der Waals surface area (Å²) in [5.41, 5.74) is 3.17. The molecule has 0 radical (unpaired) electrons. The van der Waals surface area contributed by atoms with Crippen molar-refractivity contribution >= 4 is 31.9 Å². The van der Waals surface area contributed by atoms with Crippen molar-refractivity contribution in [3.63, 3.8) is 0 Å². The van der Waals surface area contributed by atoms with E-state index >= 15 is 0 Å². The maximum atomic E-state index is 3.54. The van der Waals surface area contributed by atoms with Crippen LogP contribution >= 0.6 is 31.9 Å². The Hall–Kier alpha value is 0.260. The number of rotatable bonds is 1. The van der Waals surface area contributed by atoms with Crippen LogP contribution in [-0.4, -0.2) is 23.2 Å². The number of nitrogens with zero attached hydrogens (tertiary/aromatic N) is 2. The van der Waals surface area contributed by atoms with Crippen molar-refractivity contribution in [2.24, 2.45) is 0 Å². The predicted molar refractivity (Wildman–Crippen MR) is 55.3 cm³/mol. The second-order valence-electron chi connectivity index (χ2n) is 3.17. The monoisotopic (exact) mass is 295 g/mol. The van der Waals surface area contributed by atoms with Crippen LogP contribution in [0.5, 0.6) is 0 Å². The third-order valence-corrected chi connectivity index (χ3v) is 4.23. The van der Waals surface area contributed by atoms with Crippen molar-refractivity contribution in [2.75, 3.05) is 7.05 Å². The first-order chi connectivity index (χ1) is 5.70. The molecule has 2 aliphatic rings. The first-order valence-corrected chi connectivity index (χ1v) is 5.63. The Morgan fingerprint density at radius 3 is 2.42 bits per heavy atom. The molecule has 2 rings (SSSR count). The number of halogens is 2. The first kappa shape index (κ1) is 8.84. The lowest BCUT2D eigenvalue weighted by molar-refractivity contribution is -0.0315. The van der Waals surface area contributed by atoms with Crippen LogP contribution in [0.1, 0.15) is 19.3 Å². The molecule has 0 unspecified atom stereocenters. The van der Waals surface area contributed by atoms with Crippen LogP contribution in [0.25, 0.3) is 0 Å². The van der Waals surface area contributed by atoms with E-state index < -0.39 is 0 Å². The highest BCUT2D eigenvalue weighted by Gasteiger charge is 2.33. The van der Waals surface area contributed by atoms with Gasteiger partial charge in [-0.3, -0.25) is 10.4 Å². The topological polar surface area (TPSA) is 18.5 Å². The predicted octanol–water partition coefficient (Wildman–Crippen LogP) is 2.12. The fourth-order valence-corrected chi connectivity index (χ4v) is 2.57. The van der Waals surface area contributed by atoms with Crippen LogP contribution in [0, 0.1) is 0 Å². The van der Waals surface area contributed by atoms with E-state index in [0.29, 0.717) is 6.04 Å². The molecule has 5 heteroatoms. The van der Waals surface area contributed by atoms with E-state index in [0.717, 1.165) is 9.21 Å². The average molecular weight is 297 g/mol. The summed E-state index contributed by atoms with van der Waals surface area (Å²) in [6.07, 6.45) is 3.94. The van der Waals surface area contributed by atoms with E-state index in [-0.39, 0.29) is 0 Å². The SMILES string of the molecule is CN1NC(Br)=C(Br)N1C1CCC1. The molecule has 12 heavy (non-hydrogen) atoms. The maximum Gasteiger partial charge on any atom is 0.129 e. The van der Waals surface area contributed by atoms with Gasteiger partial charge in [0.1, 0.15) is 9.21 Å². The second kappa shape index (κ2) is 3.20. The fraction of sp³-hybridized carbons (Fsp3) is 0.714. The van der Waals surface area contributed by atoms with Crippen LogP contribution in [-0.2, 0) is 0 Å². The third kappa shape index (κ3) is 1.28. The summed E-state index contributed by atoms with van der Waals surface area (Å²) in [5.74, 6) is 0. The number of hydrogen-bond donors (Lipinski definition) is 1. The molecule has 0 amide bonds. The van der Waals surface area contributed by atoms with Gasteiger partial charge in [0.05, 0.1) is 0 Å². The van der Waals surface area contributed by atoms with Gasteiger partial charge in [-0.05, 0) is 51.1 Å². The van der Waals surface area contributed by atoms with Crippen molar-refractivity contribution in [3.8, 4) is 0 Å². The van der Waals surface area contributed by atoms with E-state index in [1.807, 2.05) is 12.2 Å². The molecule has 0 aromatic rings. The molecule has 1 N–H and O–H groups in total. The zero-order chi connectivity index (χ0) is 8.72. The highest BCUT2D eigenvalue weighted by Crippen LogP contribution is 2.35. The minimum absolute atomic E-state index is 0.673. The van der Waals surface area contributed by atoms with E-state index in [4.69, 9.17) is 0 Å². The number of nitrogens with one attached hydrogen (secondary N) is 1. The van der Waals surface area contributed by atoms with Gasteiger partial charge >= 0.3 is 0 Å². The van der Waals surface area contributed by atoms with Crippen molar-refractivity contribution in [2.45, 2.75) is 25.3 Å². The van der Waals surface area contributed by atoms with Gasteiger partial charge in [0.25, 0.3) is 0 Å². The molecular weight excluding hydrogens is 286 g/mol. The molecule has 1 aliphatic heterocycles. The molecule has 0 aromatic heterocycles. The largest absolute Gasteiger partial charge is 0.293 e. The van der Waals surface area contributed by atoms with Crippen molar-refractivity contribution in [3.05, 3.63) is 9.21 Å². The summed E-state index contributed by atoms with van der Waals surface area (Å²) < 4.78 is 2.12. The van der Waals surface area contributed by atoms with Crippen molar-refractivity contribution in [1.82, 2.24) is 15.6 Å². The van der Waals surface area contributed by atoms with Crippen LogP contribution in [0.3, 0.4) is 0 Å². The fourth-order valence-electron chi connectivity index (χ4n) is 1.51. The van der Waals surface area contributed by atoms with Crippen LogP contribution in [0.15, 0.2) is 9.21 Å². The molecule has 1 heterocycles. The van der Waals surface area contributed by atoms with Crippen LogP contribution in [0.2, 0.25) is 0 Å². The lowest BCUT2D eigenvalue weighted by Gasteiger charge is -2.39. The number of hydrogen-bond acceptors (Lipinski definition) is 3. The van der Waals surface area contributed by atoms with Gasteiger partial charge in [-0.2, -0.15) is 0 Å². The second-order valence-corrected chi connectivity index (χ2v) is 4.71. The Bertz CT molecular complexity index is 225. The van der Waals surface area contributed by atoms with Gasteiger partial charge in [0.15, 0.2) is 0 Å². The van der Waals surface area contributed by atoms with Crippen molar-refractivity contribution in [1.29, 1.82) is 0 Å². The maximum absolute atomic E-state index is 3.54. The van der Waals surface area contributed by atoms with Gasteiger partial charge in [0.2, 0.25) is 0 Å². The minimum Gasteiger partial charge on any atom is -0.293 e. The zero-order valence-electron chi connectivity index (χ0n) is 6.85. The molecule has 1 fully saturated rings. The van der Waals surface area contributed by atoms with E-state index in [9.17, 15) is 0 Å². The summed E-state index contributed by atoms with van der Waals surface area (Å²) in [4.78, 5) is 0. The molecule has 0 aromatic carbocycles. The lowest BCUT2D eigenvalue weighted by atomic mass is 9.93. The molecule has 0 bridgehead atoms. The number of hydrazine groups is 2. The average Bonchev–Trinajstić information content (AvgIpc) is 2.13. The Labute approximate surface area is 89.0 Å². The molecule has 68 valence electrons. The highest BCUT2D eigenvalue weighted by molar-refractivity contribution is 9.14. The Balaban J connectivity index is 2.12. The molecule has 3 nitrogen and oxygen atoms in total. The molecular formula is C7H11Br2N3. The third-order valence-electron chi connectivity index (χ3n) is 2.39. The quantitative estimate of drug-likeness (QED) is 0.748. The van der Waals surface area contributed by atoms with Gasteiger partial charge in [-0.1, -0.05) is 0 Å². The van der Waals surface area contributed by atoms with Gasteiger partial charge in [-0.25, -0.2) is 0 Å². The summed E-state index contributed by atoms with van der Waals surface area (Å²) >= 11 is 6.98. The summed E-state index contributed by atoms with van der Waals surface area (Å²) in [6.45, 7) is 0. The Kier molecular flexibility index (Phi) is 2.35. The molecule has 1 saturated carbocycles. The Morgan fingerprint density at radius 2 is 2.08 bits per heavy atom. The van der Waals surface area contributed by atoms with E-state index in [1.54, 1.807) is 0 Å². The van der Waals surface area contributed by atoms with E-state index in [1.165, 1.54) is 19.3 Å². The Morgan fingerprint density at radius 1 is 1.42 bits per heavy atom.